The maximum atomic E-state index is 12.5. The molecule has 4 nitrogen and oxygen atoms in total. The lowest BCUT2D eigenvalue weighted by atomic mass is 9.92. The van der Waals surface area contributed by atoms with Crippen molar-refractivity contribution in [2.75, 3.05) is 32.8 Å². The van der Waals surface area contributed by atoms with Crippen LogP contribution in [0.5, 0.6) is 0 Å². The normalized spacial score (nSPS) is 31.8. The monoisotopic (exact) mass is 282 g/mol. The summed E-state index contributed by atoms with van der Waals surface area (Å²) >= 11 is 0. The van der Waals surface area contributed by atoms with E-state index in [-0.39, 0.29) is 6.61 Å². The minimum Gasteiger partial charge on any atom is -0.396 e. The second kappa shape index (κ2) is 7.41. The highest BCUT2D eigenvalue weighted by Gasteiger charge is 2.30. The molecule has 2 aliphatic rings. The predicted molar refractivity (Wildman–Crippen MR) is 80.4 cm³/mol. The van der Waals surface area contributed by atoms with E-state index < -0.39 is 0 Å². The fourth-order valence-corrected chi connectivity index (χ4v) is 3.90. The highest BCUT2D eigenvalue weighted by molar-refractivity contribution is 5.78. The van der Waals surface area contributed by atoms with Crippen LogP contribution in [0, 0.1) is 11.8 Å². The van der Waals surface area contributed by atoms with Gasteiger partial charge in [0.15, 0.2) is 0 Å². The summed E-state index contributed by atoms with van der Waals surface area (Å²) in [5.41, 5.74) is 0. The van der Waals surface area contributed by atoms with Crippen molar-refractivity contribution in [3.63, 3.8) is 0 Å². The van der Waals surface area contributed by atoms with Crippen molar-refractivity contribution in [3.05, 3.63) is 0 Å². The predicted octanol–water partition coefficient (Wildman–Crippen LogP) is 1.73. The lowest BCUT2D eigenvalue weighted by Gasteiger charge is -2.36. The molecule has 1 amide bonds. The van der Waals surface area contributed by atoms with Crippen molar-refractivity contribution < 1.29 is 9.90 Å². The largest absolute Gasteiger partial charge is 0.396 e. The Labute approximate surface area is 123 Å². The SMILES string of the molecule is C[C@@H]1C[C@@H](C)CN(C(=O)CN2CCC[C@H]2CCCO)C1. The van der Waals surface area contributed by atoms with Crippen molar-refractivity contribution >= 4 is 5.91 Å². The van der Waals surface area contributed by atoms with Gasteiger partial charge in [-0.2, -0.15) is 0 Å². The van der Waals surface area contributed by atoms with Gasteiger partial charge >= 0.3 is 0 Å². The van der Waals surface area contributed by atoms with E-state index in [1.54, 1.807) is 0 Å². The zero-order valence-electron chi connectivity index (χ0n) is 13.1. The summed E-state index contributed by atoms with van der Waals surface area (Å²) in [5, 5.41) is 8.96. The standard InChI is InChI=1S/C16H30N2O2/c1-13-9-14(2)11-18(10-13)16(20)12-17-7-3-5-15(17)6-4-8-19/h13-15,19H,3-12H2,1-2H3/t13-,14-,15+/m1/s1. The van der Waals surface area contributed by atoms with Gasteiger partial charge in [-0.25, -0.2) is 0 Å². The molecule has 1 N–H and O–H groups in total. The second-order valence-electron chi connectivity index (χ2n) is 6.88. The maximum Gasteiger partial charge on any atom is 0.236 e. The van der Waals surface area contributed by atoms with Gasteiger partial charge in [-0.05, 0) is 50.5 Å². The third-order valence-corrected chi connectivity index (χ3v) is 4.75. The van der Waals surface area contributed by atoms with E-state index in [9.17, 15) is 4.79 Å². The molecule has 20 heavy (non-hydrogen) atoms. The van der Waals surface area contributed by atoms with E-state index in [4.69, 9.17) is 5.11 Å². The number of nitrogens with zero attached hydrogens (tertiary/aromatic N) is 2. The molecule has 2 heterocycles. The van der Waals surface area contributed by atoms with Gasteiger partial charge in [0.2, 0.25) is 5.91 Å². The summed E-state index contributed by atoms with van der Waals surface area (Å²) in [4.78, 5) is 16.9. The lowest BCUT2D eigenvalue weighted by Crippen LogP contribution is -2.47. The Morgan fingerprint density at radius 2 is 1.95 bits per heavy atom. The Bertz CT molecular complexity index is 312. The molecule has 0 unspecified atom stereocenters. The topological polar surface area (TPSA) is 43.8 Å². The number of rotatable bonds is 5. The molecule has 0 aromatic heterocycles. The van der Waals surface area contributed by atoms with Crippen LogP contribution in [0.4, 0.5) is 0 Å². The molecule has 4 heteroatoms. The third-order valence-electron chi connectivity index (χ3n) is 4.75. The van der Waals surface area contributed by atoms with E-state index in [2.05, 4.69) is 23.6 Å². The number of aliphatic hydroxyl groups is 1. The van der Waals surface area contributed by atoms with Crippen LogP contribution in [0.2, 0.25) is 0 Å². The third kappa shape index (κ3) is 4.19. The van der Waals surface area contributed by atoms with Crippen LogP contribution in [0.15, 0.2) is 0 Å². The summed E-state index contributed by atoms with van der Waals surface area (Å²) in [5.74, 6) is 1.57. The average Bonchev–Trinajstić information content (AvgIpc) is 2.82. The maximum absolute atomic E-state index is 12.5. The fraction of sp³-hybridized carbons (Fsp3) is 0.938. The van der Waals surface area contributed by atoms with Crippen LogP contribution < -0.4 is 0 Å². The Morgan fingerprint density at radius 1 is 1.25 bits per heavy atom. The Hall–Kier alpha value is -0.610. The Balaban J connectivity index is 1.83. The van der Waals surface area contributed by atoms with Gasteiger partial charge in [0, 0.05) is 25.7 Å². The van der Waals surface area contributed by atoms with Crippen LogP contribution in [0.1, 0.15) is 46.0 Å². The quantitative estimate of drug-likeness (QED) is 0.835. The van der Waals surface area contributed by atoms with Gasteiger partial charge in [0.05, 0.1) is 6.54 Å². The molecule has 2 fully saturated rings. The first-order chi connectivity index (χ1) is 9.60. The molecule has 0 spiro atoms. The number of hydrogen-bond acceptors (Lipinski definition) is 3. The minimum atomic E-state index is 0.263. The lowest BCUT2D eigenvalue weighted by molar-refractivity contribution is -0.135. The van der Waals surface area contributed by atoms with Crippen LogP contribution in [-0.2, 0) is 4.79 Å². The summed E-state index contributed by atoms with van der Waals surface area (Å²) in [6.07, 6.45) is 5.49. The van der Waals surface area contributed by atoms with Crippen LogP contribution in [-0.4, -0.2) is 59.6 Å². The van der Waals surface area contributed by atoms with E-state index >= 15 is 0 Å². The molecular formula is C16H30N2O2. The van der Waals surface area contributed by atoms with Crippen molar-refractivity contribution in [2.45, 2.75) is 52.0 Å². The summed E-state index contributed by atoms with van der Waals surface area (Å²) in [6, 6.07) is 0.505. The molecule has 0 bridgehead atoms. The molecule has 0 aromatic rings. The van der Waals surface area contributed by atoms with E-state index in [1.165, 1.54) is 19.3 Å². The van der Waals surface area contributed by atoms with Gasteiger partial charge < -0.3 is 10.0 Å². The number of piperidine rings is 1. The van der Waals surface area contributed by atoms with Crippen LogP contribution in [0.3, 0.4) is 0 Å². The molecule has 116 valence electrons. The molecule has 2 rings (SSSR count). The van der Waals surface area contributed by atoms with Crippen LogP contribution >= 0.6 is 0 Å². The van der Waals surface area contributed by atoms with Crippen molar-refractivity contribution in [1.82, 2.24) is 9.80 Å². The number of hydrogen-bond donors (Lipinski definition) is 1. The minimum absolute atomic E-state index is 0.263. The first-order valence-corrected chi connectivity index (χ1v) is 8.22. The number of likely N-dealkylation sites (tertiary alicyclic amines) is 2. The molecule has 0 radical (unpaired) electrons. The summed E-state index contributed by atoms with van der Waals surface area (Å²) in [7, 11) is 0. The van der Waals surface area contributed by atoms with Gasteiger partial charge in [-0.1, -0.05) is 13.8 Å². The zero-order valence-corrected chi connectivity index (χ0v) is 13.1. The number of carbonyl (C=O) groups excluding carboxylic acids is 1. The summed E-state index contributed by atoms with van der Waals surface area (Å²) < 4.78 is 0. The van der Waals surface area contributed by atoms with E-state index in [0.29, 0.717) is 30.3 Å². The molecule has 2 aliphatic heterocycles. The molecule has 0 aromatic carbocycles. The van der Waals surface area contributed by atoms with Crippen molar-refractivity contribution in [2.24, 2.45) is 11.8 Å². The molecule has 0 saturated carbocycles. The first kappa shape index (κ1) is 15.8. The van der Waals surface area contributed by atoms with E-state index in [0.717, 1.165) is 32.5 Å². The van der Waals surface area contributed by atoms with Crippen molar-refractivity contribution in [3.8, 4) is 0 Å². The first-order valence-electron chi connectivity index (χ1n) is 8.22. The van der Waals surface area contributed by atoms with Gasteiger partial charge in [0.1, 0.15) is 0 Å². The van der Waals surface area contributed by atoms with Crippen LogP contribution in [0.25, 0.3) is 0 Å². The van der Waals surface area contributed by atoms with Crippen molar-refractivity contribution in [1.29, 1.82) is 0 Å². The number of carbonyl (C=O) groups is 1. The number of aliphatic hydroxyl groups excluding tert-OH is 1. The molecule has 3 atom stereocenters. The molecule has 0 aliphatic carbocycles. The highest BCUT2D eigenvalue weighted by atomic mass is 16.3. The van der Waals surface area contributed by atoms with Gasteiger partial charge in [-0.3, -0.25) is 9.69 Å². The number of amides is 1. The van der Waals surface area contributed by atoms with Gasteiger partial charge in [-0.15, -0.1) is 0 Å². The molecular weight excluding hydrogens is 252 g/mol. The average molecular weight is 282 g/mol. The highest BCUT2D eigenvalue weighted by Crippen LogP contribution is 2.24. The van der Waals surface area contributed by atoms with Gasteiger partial charge in [0.25, 0.3) is 0 Å². The zero-order chi connectivity index (χ0) is 14.5. The Kier molecular flexibility index (Phi) is 5.85. The van der Waals surface area contributed by atoms with E-state index in [1.807, 2.05) is 0 Å². The Morgan fingerprint density at radius 3 is 2.60 bits per heavy atom. The molecule has 2 saturated heterocycles. The second-order valence-corrected chi connectivity index (χ2v) is 6.88. The smallest absolute Gasteiger partial charge is 0.236 e. The summed E-state index contributed by atoms with van der Waals surface area (Å²) in [6.45, 7) is 8.23. The fourth-order valence-electron chi connectivity index (χ4n) is 3.90.